The molecule has 0 aliphatic heterocycles. The van der Waals surface area contributed by atoms with E-state index >= 15 is 0 Å². The third-order valence-corrected chi connectivity index (χ3v) is 4.68. The third-order valence-electron chi connectivity index (χ3n) is 3.74. The van der Waals surface area contributed by atoms with Crippen molar-refractivity contribution in [1.82, 2.24) is 4.98 Å². The number of thiazole rings is 1. The van der Waals surface area contributed by atoms with E-state index in [0.29, 0.717) is 11.4 Å². The lowest BCUT2D eigenvalue weighted by atomic mass is 10.2. The molecule has 0 aliphatic rings. The van der Waals surface area contributed by atoms with E-state index in [4.69, 9.17) is 0 Å². The molecular weight excluding hydrogens is 348 g/mol. The number of hydrogen-bond acceptors (Lipinski definition) is 5. The summed E-state index contributed by atoms with van der Waals surface area (Å²) in [6.07, 6.45) is 0. The van der Waals surface area contributed by atoms with Crippen molar-refractivity contribution in [3.63, 3.8) is 0 Å². The molecule has 2 aromatic carbocycles. The topological polar surface area (TPSA) is 83.1 Å². The van der Waals surface area contributed by atoms with Crippen molar-refractivity contribution in [2.45, 2.75) is 26.8 Å². The van der Waals surface area contributed by atoms with Crippen LogP contribution in [0.2, 0.25) is 0 Å². The molecule has 0 bridgehead atoms. The van der Waals surface area contributed by atoms with Gasteiger partial charge in [-0.1, -0.05) is 0 Å². The van der Waals surface area contributed by atoms with Crippen molar-refractivity contribution in [2.24, 2.45) is 0 Å². The second kappa shape index (κ2) is 7.53. The first kappa shape index (κ1) is 17.9. The van der Waals surface area contributed by atoms with E-state index < -0.39 is 6.04 Å². The molecule has 6 nitrogen and oxygen atoms in total. The number of nitrogens with zero attached hydrogens (tertiary/aromatic N) is 1. The van der Waals surface area contributed by atoms with Gasteiger partial charge in [0.25, 0.3) is 0 Å². The summed E-state index contributed by atoms with van der Waals surface area (Å²) in [4.78, 5) is 27.9. The smallest absolute Gasteiger partial charge is 0.246 e. The number of carbonyl (C=O) groups excluding carboxylic acids is 2. The molecule has 0 aliphatic carbocycles. The molecule has 1 aromatic heterocycles. The molecule has 26 heavy (non-hydrogen) atoms. The van der Waals surface area contributed by atoms with Gasteiger partial charge in [0.2, 0.25) is 11.8 Å². The van der Waals surface area contributed by atoms with Gasteiger partial charge in [-0.15, -0.1) is 11.3 Å². The molecule has 0 spiro atoms. The summed E-state index contributed by atoms with van der Waals surface area (Å²) in [5, 5.41) is 9.78. The second-order valence-electron chi connectivity index (χ2n) is 6.03. The Morgan fingerprint density at radius 1 is 1.00 bits per heavy atom. The predicted molar refractivity (Wildman–Crippen MR) is 107 cm³/mol. The lowest BCUT2D eigenvalue weighted by Gasteiger charge is -2.15. The van der Waals surface area contributed by atoms with Crippen LogP contribution in [0.1, 0.15) is 18.9 Å². The number of hydrogen-bond donors (Lipinski definition) is 3. The third kappa shape index (κ3) is 4.37. The van der Waals surface area contributed by atoms with Crippen molar-refractivity contribution in [2.75, 3.05) is 16.0 Å². The molecule has 2 amide bonds. The molecule has 3 N–H and O–H groups in total. The zero-order valence-electron chi connectivity index (χ0n) is 14.8. The second-order valence-corrected chi connectivity index (χ2v) is 7.26. The first-order valence-electron chi connectivity index (χ1n) is 8.23. The van der Waals surface area contributed by atoms with E-state index in [0.717, 1.165) is 20.9 Å². The molecule has 134 valence electrons. The van der Waals surface area contributed by atoms with E-state index in [1.54, 1.807) is 35.6 Å². The normalized spacial score (nSPS) is 11.8. The first-order chi connectivity index (χ1) is 12.4. The number of amides is 2. The first-order valence-corrected chi connectivity index (χ1v) is 9.04. The Labute approximate surface area is 155 Å². The summed E-state index contributed by atoms with van der Waals surface area (Å²) in [6, 6.07) is 12.5. The highest BCUT2D eigenvalue weighted by Crippen LogP contribution is 2.25. The van der Waals surface area contributed by atoms with Gasteiger partial charge in [-0.05, 0) is 56.3 Å². The zero-order chi connectivity index (χ0) is 18.7. The van der Waals surface area contributed by atoms with Gasteiger partial charge in [0.15, 0.2) is 0 Å². The maximum Gasteiger partial charge on any atom is 0.246 e. The van der Waals surface area contributed by atoms with Gasteiger partial charge in [-0.2, -0.15) is 0 Å². The van der Waals surface area contributed by atoms with E-state index in [1.165, 1.54) is 6.92 Å². The molecule has 0 radical (unpaired) electrons. The summed E-state index contributed by atoms with van der Waals surface area (Å²) in [7, 11) is 0. The number of anilines is 3. The highest BCUT2D eigenvalue weighted by atomic mass is 32.1. The molecule has 1 heterocycles. The van der Waals surface area contributed by atoms with Crippen LogP contribution in [0.5, 0.6) is 0 Å². The number of nitrogens with one attached hydrogen (secondary N) is 3. The minimum Gasteiger partial charge on any atom is -0.374 e. The molecule has 0 saturated heterocycles. The van der Waals surface area contributed by atoms with E-state index in [2.05, 4.69) is 20.9 Å². The molecular formula is C19H20N4O2S. The standard InChI is InChI=1S/C19H20N4O2S/c1-11(20-16-8-9-17-18(10-16)26-13(3)22-17)19(25)23-15-6-4-14(5-7-15)21-12(2)24/h4-11,20H,1-3H3,(H,21,24)(H,23,25). The minimum absolute atomic E-state index is 0.132. The minimum atomic E-state index is -0.406. The highest BCUT2D eigenvalue weighted by Gasteiger charge is 2.13. The maximum absolute atomic E-state index is 12.4. The van der Waals surface area contributed by atoms with E-state index in [1.807, 2.05) is 32.0 Å². The van der Waals surface area contributed by atoms with Gasteiger partial charge < -0.3 is 16.0 Å². The summed E-state index contributed by atoms with van der Waals surface area (Å²) in [6.45, 7) is 5.24. The maximum atomic E-state index is 12.4. The summed E-state index contributed by atoms with van der Waals surface area (Å²) >= 11 is 1.63. The van der Waals surface area contributed by atoms with Crippen molar-refractivity contribution in [1.29, 1.82) is 0 Å². The fraction of sp³-hybridized carbons (Fsp3) is 0.211. The molecule has 7 heteroatoms. The van der Waals surface area contributed by atoms with Gasteiger partial charge in [0, 0.05) is 24.0 Å². The van der Waals surface area contributed by atoms with Crippen LogP contribution in [0, 0.1) is 6.92 Å². The molecule has 1 unspecified atom stereocenters. The lowest BCUT2D eigenvalue weighted by Crippen LogP contribution is -2.31. The van der Waals surface area contributed by atoms with Crippen molar-refractivity contribution in [3.8, 4) is 0 Å². The summed E-state index contributed by atoms with van der Waals surface area (Å²) in [5.41, 5.74) is 3.21. The van der Waals surface area contributed by atoms with E-state index in [9.17, 15) is 9.59 Å². The molecule has 0 saturated carbocycles. The Morgan fingerprint density at radius 2 is 1.62 bits per heavy atom. The average molecular weight is 368 g/mol. The molecule has 3 rings (SSSR count). The Bertz CT molecular complexity index is 950. The van der Waals surface area contributed by atoms with Gasteiger partial charge in [-0.25, -0.2) is 4.98 Å². The van der Waals surface area contributed by atoms with Crippen LogP contribution in [0.25, 0.3) is 10.2 Å². The van der Waals surface area contributed by atoms with Crippen LogP contribution in [0.15, 0.2) is 42.5 Å². The molecule has 3 aromatic rings. The van der Waals surface area contributed by atoms with Crippen LogP contribution < -0.4 is 16.0 Å². The lowest BCUT2D eigenvalue weighted by molar-refractivity contribution is -0.116. The quantitative estimate of drug-likeness (QED) is 0.636. The van der Waals surface area contributed by atoms with Gasteiger partial charge in [-0.3, -0.25) is 9.59 Å². The van der Waals surface area contributed by atoms with Crippen molar-refractivity contribution < 1.29 is 9.59 Å². The predicted octanol–water partition coefficient (Wildman–Crippen LogP) is 4.00. The number of benzene rings is 2. The number of fused-ring (bicyclic) bond motifs is 1. The Kier molecular flexibility index (Phi) is 5.18. The number of rotatable bonds is 5. The van der Waals surface area contributed by atoms with Crippen LogP contribution >= 0.6 is 11.3 Å². The fourth-order valence-electron chi connectivity index (χ4n) is 2.54. The van der Waals surface area contributed by atoms with Gasteiger partial charge in [0.05, 0.1) is 15.2 Å². The number of aryl methyl sites for hydroxylation is 1. The SMILES string of the molecule is CC(=O)Nc1ccc(NC(=O)C(C)Nc2ccc3nc(C)sc3c2)cc1. The Morgan fingerprint density at radius 3 is 2.27 bits per heavy atom. The van der Waals surface area contributed by atoms with Gasteiger partial charge >= 0.3 is 0 Å². The highest BCUT2D eigenvalue weighted by molar-refractivity contribution is 7.18. The summed E-state index contributed by atoms with van der Waals surface area (Å²) < 4.78 is 1.09. The van der Waals surface area contributed by atoms with Crippen LogP contribution in [0.4, 0.5) is 17.1 Å². The van der Waals surface area contributed by atoms with Crippen molar-refractivity contribution >= 4 is 50.4 Å². The van der Waals surface area contributed by atoms with Crippen molar-refractivity contribution in [3.05, 3.63) is 47.5 Å². The van der Waals surface area contributed by atoms with Crippen LogP contribution in [-0.2, 0) is 9.59 Å². The fourth-order valence-corrected chi connectivity index (χ4v) is 3.40. The molecule has 0 fully saturated rings. The molecule has 1 atom stereocenters. The Balaban J connectivity index is 1.62. The monoisotopic (exact) mass is 368 g/mol. The van der Waals surface area contributed by atoms with Crippen LogP contribution in [0.3, 0.4) is 0 Å². The number of aromatic nitrogens is 1. The largest absolute Gasteiger partial charge is 0.374 e. The average Bonchev–Trinajstić information content (AvgIpc) is 2.95. The zero-order valence-corrected chi connectivity index (χ0v) is 15.6. The van der Waals surface area contributed by atoms with Gasteiger partial charge in [0.1, 0.15) is 6.04 Å². The number of carbonyl (C=O) groups is 2. The van der Waals surface area contributed by atoms with E-state index in [-0.39, 0.29) is 11.8 Å². The Hall–Kier alpha value is -2.93. The van der Waals surface area contributed by atoms with Crippen LogP contribution in [-0.4, -0.2) is 22.8 Å². The summed E-state index contributed by atoms with van der Waals surface area (Å²) in [5.74, 6) is -0.273.